The zero-order valence-corrected chi connectivity index (χ0v) is 20.9. The van der Waals surface area contributed by atoms with E-state index in [1.807, 2.05) is 12.3 Å². The zero-order chi connectivity index (χ0) is 26.8. The number of nitrogens with zero attached hydrogens (tertiary/aromatic N) is 3. The maximum Gasteiger partial charge on any atom is 0.416 e. The number of alkyl halides is 3. The Morgan fingerprint density at radius 1 is 1.00 bits per heavy atom. The van der Waals surface area contributed by atoms with Crippen LogP contribution in [0.15, 0.2) is 61.1 Å². The first kappa shape index (κ1) is 26.0. The molecule has 3 heterocycles. The highest BCUT2D eigenvalue weighted by molar-refractivity contribution is 5.87. The molecule has 0 aliphatic rings. The van der Waals surface area contributed by atoms with E-state index in [0.29, 0.717) is 29.2 Å². The number of anilines is 1. The lowest BCUT2D eigenvalue weighted by atomic mass is 10.1. The van der Waals surface area contributed by atoms with E-state index in [9.17, 15) is 18.0 Å². The molecule has 37 heavy (non-hydrogen) atoms. The number of H-pyrrole nitrogens is 1. The van der Waals surface area contributed by atoms with Crippen molar-refractivity contribution < 1.29 is 27.4 Å². The van der Waals surface area contributed by atoms with Gasteiger partial charge in [0.2, 0.25) is 0 Å². The second kappa shape index (κ2) is 10.1. The van der Waals surface area contributed by atoms with Crippen LogP contribution in [0.1, 0.15) is 43.0 Å². The Bertz CT molecular complexity index is 1380. The number of hydrogen-bond donors (Lipinski definition) is 1. The standard InChI is InChI=1S/C27H27F3N4O3/c1-26(2,3)37-25(35)34(16-17-5-8-20(9-6-17)27(28,29)30)22-10-7-18(14-32-22)13-19-15-33-24-23(19)21(36-4)11-12-31-24/h5-12,14-15H,13,16H2,1-4H3,(H,31,33). The number of ether oxygens (including phenoxy) is 2. The minimum absolute atomic E-state index is 0.00921. The van der Waals surface area contributed by atoms with Gasteiger partial charge in [-0.3, -0.25) is 4.90 Å². The molecule has 10 heteroatoms. The van der Waals surface area contributed by atoms with Crippen molar-refractivity contribution in [2.45, 2.75) is 45.5 Å². The molecule has 0 radical (unpaired) electrons. The lowest BCUT2D eigenvalue weighted by molar-refractivity contribution is -0.137. The van der Waals surface area contributed by atoms with Crippen molar-refractivity contribution in [3.63, 3.8) is 0 Å². The molecule has 0 unspecified atom stereocenters. The molecule has 3 aromatic heterocycles. The van der Waals surface area contributed by atoms with E-state index in [4.69, 9.17) is 9.47 Å². The summed E-state index contributed by atoms with van der Waals surface area (Å²) in [6.07, 6.45) is 0.638. The number of benzene rings is 1. The number of hydrogen-bond acceptors (Lipinski definition) is 5. The normalized spacial score (nSPS) is 12.0. The van der Waals surface area contributed by atoms with Gasteiger partial charge < -0.3 is 14.5 Å². The van der Waals surface area contributed by atoms with Gasteiger partial charge in [0.15, 0.2) is 0 Å². The molecule has 0 atom stereocenters. The number of rotatable bonds is 6. The fourth-order valence-electron chi connectivity index (χ4n) is 3.84. The summed E-state index contributed by atoms with van der Waals surface area (Å²) >= 11 is 0. The summed E-state index contributed by atoms with van der Waals surface area (Å²) in [5.41, 5.74) is 1.55. The Balaban J connectivity index is 1.59. The molecule has 0 bridgehead atoms. The topological polar surface area (TPSA) is 80.3 Å². The molecule has 7 nitrogen and oxygen atoms in total. The lowest BCUT2D eigenvalue weighted by Crippen LogP contribution is -2.37. The molecule has 0 aliphatic heterocycles. The molecule has 0 aliphatic carbocycles. The van der Waals surface area contributed by atoms with Crippen molar-refractivity contribution in [3.05, 3.63) is 83.3 Å². The summed E-state index contributed by atoms with van der Waals surface area (Å²) in [6, 6.07) is 9.98. The first-order valence-electron chi connectivity index (χ1n) is 11.5. The summed E-state index contributed by atoms with van der Waals surface area (Å²) in [5, 5.41) is 0.881. The Kier molecular flexibility index (Phi) is 7.11. The van der Waals surface area contributed by atoms with Crippen LogP contribution in [0.3, 0.4) is 0 Å². The fourth-order valence-corrected chi connectivity index (χ4v) is 3.84. The summed E-state index contributed by atoms with van der Waals surface area (Å²) in [5.74, 6) is 1.02. The van der Waals surface area contributed by atoms with Crippen LogP contribution in [0, 0.1) is 0 Å². The van der Waals surface area contributed by atoms with Crippen LogP contribution in [-0.2, 0) is 23.9 Å². The molecule has 0 saturated heterocycles. The highest BCUT2D eigenvalue weighted by Crippen LogP contribution is 2.31. The van der Waals surface area contributed by atoms with Gasteiger partial charge in [-0.15, -0.1) is 0 Å². The molecule has 1 N–H and O–H groups in total. The minimum atomic E-state index is -4.44. The van der Waals surface area contributed by atoms with Crippen molar-refractivity contribution in [2.24, 2.45) is 0 Å². The quantitative estimate of drug-likeness (QED) is 0.318. The number of methoxy groups -OCH3 is 1. The van der Waals surface area contributed by atoms with Crippen LogP contribution in [-0.4, -0.2) is 33.8 Å². The van der Waals surface area contributed by atoms with Crippen molar-refractivity contribution >= 4 is 22.9 Å². The van der Waals surface area contributed by atoms with Gasteiger partial charge in [-0.1, -0.05) is 18.2 Å². The highest BCUT2D eigenvalue weighted by Gasteiger charge is 2.30. The maximum absolute atomic E-state index is 13.0. The molecule has 0 spiro atoms. The third-order valence-corrected chi connectivity index (χ3v) is 5.55. The summed E-state index contributed by atoms with van der Waals surface area (Å²) in [4.78, 5) is 26.2. The van der Waals surface area contributed by atoms with E-state index < -0.39 is 23.4 Å². The first-order chi connectivity index (χ1) is 17.4. The average Bonchev–Trinajstić information content (AvgIpc) is 3.25. The largest absolute Gasteiger partial charge is 0.496 e. The van der Waals surface area contributed by atoms with Gasteiger partial charge in [-0.05, 0) is 61.7 Å². The van der Waals surface area contributed by atoms with Crippen molar-refractivity contribution in [3.8, 4) is 5.75 Å². The number of aromatic nitrogens is 3. The van der Waals surface area contributed by atoms with Gasteiger partial charge in [-0.2, -0.15) is 13.2 Å². The van der Waals surface area contributed by atoms with E-state index in [-0.39, 0.29) is 6.54 Å². The second-order valence-corrected chi connectivity index (χ2v) is 9.51. The molecule has 4 rings (SSSR count). The minimum Gasteiger partial charge on any atom is -0.496 e. The van der Waals surface area contributed by atoms with Crippen molar-refractivity contribution in [2.75, 3.05) is 12.0 Å². The van der Waals surface area contributed by atoms with Gasteiger partial charge in [0.1, 0.15) is 22.8 Å². The fraction of sp³-hybridized carbons (Fsp3) is 0.296. The van der Waals surface area contributed by atoms with Gasteiger partial charge in [0.25, 0.3) is 0 Å². The van der Waals surface area contributed by atoms with Gasteiger partial charge in [0.05, 0.1) is 24.6 Å². The Morgan fingerprint density at radius 3 is 2.30 bits per heavy atom. The Morgan fingerprint density at radius 2 is 1.70 bits per heavy atom. The van der Waals surface area contributed by atoms with Crippen LogP contribution in [0.2, 0.25) is 0 Å². The van der Waals surface area contributed by atoms with Gasteiger partial charge >= 0.3 is 12.3 Å². The van der Waals surface area contributed by atoms with Gasteiger partial charge in [0, 0.05) is 25.0 Å². The molecule has 0 saturated carbocycles. The SMILES string of the molecule is COc1ccnc2[nH]cc(Cc3ccc(N(Cc4ccc(C(F)(F)F)cc4)C(=O)OC(C)(C)C)nc3)c12. The number of aromatic amines is 1. The monoisotopic (exact) mass is 512 g/mol. The summed E-state index contributed by atoms with van der Waals surface area (Å²) in [7, 11) is 1.60. The van der Waals surface area contributed by atoms with Crippen LogP contribution in [0.5, 0.6) is 5.75 Å². The van der Waals surface area contributed by atoms with E-state index in [2.05, 4.69) is 15.0 Å². The summed E-state index contributed by atoms with van der Waals surface area (Å²) < 4.78 is 49.9. The van der Waals surface area contributed by atoms with E-state index in [1.165, 1.54) is 17.0 Å². The van der Waals surface area contributed by atoms with Gasteiger partial charge in [-0.25, -0.2) is 14.8 Å². The number of fused-ring (bicyclic) bond motifs is 1. The number of amides is 1. The van der Waals surface area contributed by atoms with E-state index in [1.54, 1.807) is 52.4 Å². The summed E-state index contributed by atoms with van der Waals surface area (Å²) in [6.45, 7) is 5.21. The highest BCUT2D eigenvalue weighted by atomic mass is 19.4. The number of halogens is 3. The average molecular weight is 513 g/mol. The Hall–Kier alpha value is -4.08. The molecule has 1 aromatic carbocycles. The predicted molar refractivity (Wildman–Crippen MR) is 134 cm³/mol. The number of pyridine rings is 2. The maximum atomic E-state index is 13.0. The van der Waals surface area contributed by atoms with Crippen LogP contribution in [0.25, 0.3) is 11.0 Å². The number of nitrogens with one attached hydrogen (secondary N) is 1. The first-order valence-corrected chi connectivity index (χ1v) is 11.5. The predicted octanol–water partition coefficient (Wildman–Crippen LogP) is 6.52. The third kappa shape index (κ3) is 6.19. The van der Waals surface area contributed by atoms with Crippen LogP contribution >= 0.6 is 0 Å². The molecule has 1 amide bonds. The van der Waals surface area contributed by atoms with Crippen LogP contribution in [0.4, 0.5) is 23.8 Å². The van der Waals surface area contributed by atoms with Crippen LogP contribution < -0.4 is 9.64 Å². The molecule has 0 fully saturated rings. The number of carbonyl (C=O) groups excluding carboxylic acids is 1. The van der Waals surface area contributed by atoms with Crippen molar-refractivity contribution in [1.82, 2.24) is 15.0 Å². The second-order valence-electron chi connectivity index (χ2n) is 9.51. The van der Waals surface area contributed by atoms with E-state index in [0.717, 1.165) is 28.6 Å². The Labute approximate surface area is 212 Å². The molecular weight excluding hydrogens is 485 g/mol. The third-order valence-electron chi connectivity index (χ3n) is 5.55. The lowest BCUT2D eigenvalue weighted by Gasteiger charge is -2.27. The van der Waals surface area contributed by atoms with Crippen molar-refractivity contribution in [1.29, 1.82) is 0 Å². The smallest absolute Gasteiger partial charge is 0.416 e. The molecular formula is C27H27F3N4O3. The number of carbonyl (C=O) groups is 1. The zero-order valence-electron chi connectivity index (χ0n) is 20.9. The molecule has 4 aromatic rings. The molecule has 194 valence electrons. The van der Waals surface area contributed by atoms with E-state index >= 15 is 0 Å².